The van der Waals surface area contributed by atoms with Gasteiger partial charge in [-0.3, -0.25) is 4.79 Å². The summed E-state index contributed by atoms with van der Waals surface area (Å²) in [6.45, 7) is 0. The summed E-state index contributed by atoms with van der Waals surface area (Å²) in [6.07, 6.45) is 0. The first kappa shape index (κ1) is 16.5. The zero-order valence-corrected chi connectivity index (χ0v) is 13.8. The Bertz CT molecular complexity index is 876. The highest BCUT2D eigenvalue weighted by atomic mass is 16.7. The van der Waals surface area contributed by atoms with Gasteiger partial charge in [-0.15, -0.1) is 0 Å². The molecule has 0 atom stereocenters. The summed E-state index contributed by atoms with van der Waals surface area (Å²) in [5, 5.41) is 0.958. The molecule has 25 heavy (non-hydrogen) atoms. The molecule has 4 heteroatoms. The van der Waals surface area contributed by atoms with E-state index in [2.05, 4.69) is 0 Å². The average Bonchev–Trinajstić information content (AvgIpc) is 2.68. The second kappa shape index (κ2) is 7.45. The normalized spacial score (nSPS) is 10.1. The lowest BCUT2D eigenvalue weighted by Gasteiger charge is -2.17. The third kappa shape index (κ3) is 3.75. The van der Waals surface area contributed by atoms with Crippen LogP contribution in [0.15, 0.2) is 84.9 Å². The summed E-state index contributed by atoms with van der Waals surface area (Å²) in [5.41, 5.74) is 2.52. The minimum absolute atomic E-state index is 0.383. The fourth-order valence-corrected chi connectivity index (χ4v) is 2.51. The van der Waals surface area contributed by atoms with E-state index >= 15 is 0 Å². The number of benzene rings is 3. The summed E-state index contributed by atoms with van der Waals surface area (Å²) in [6, 6.07) is 25.4. The maximum absolute atomic E-state index is 12.6. The van der Waals surface area contributed by atoms with E-state index in [4.69, 9.17) is 4.84 Å². The molecule has 0 heterocycles. The lowest BCUT2D eigenvalue weighted by Crippen LogP contribution is -2.30. The number of carbonyl (C=O) groups excluding carboxylic acids is 2. The van der Waals surface area contributed by atoms with E-state index in [0.29, 0.717) is 11.1 Å². The van der Waals surface area contributed by atoms with Crippen LogP contribution < -0.4 is 0 Å². The maximum Gasteiger partial charge on any atom is 0.363 e. The predicted molar refractivity (Wildman–Crippen MR) is 95.8 cm³/mol. The molecule has 0 fully saturated rings. The van der Waals surface area contributed by atoms with Crippen LogP contribution in [0, 0.1) is 0 Å². The minimum atomic E-state index is -0.578. The van der Waals surface area contributed by atoms with E-state index in [-0.39, 0.29) is 5.91 Å². The van der Waals surface area contributed by atoms with Crippen LogP contribution in [0.2, 0.25) is 0 Å². The van der Waals surface area contributed by atoms with E-state index in [1.165, 1.54) is 7.05 Å². The molecule has 0 aromatic heterocycles. The van der Waals surface area contributed by atoms with E-state index in [1.807, 2.05) is 48.5 Å². The van der Waals surface area contributed by atoms with Gasteiger partial charge in [0.05, 0.1) is 5.56 Å². The van der Waals surface area contributed by atoms with Crippen LogP contribution in [0.1, 0.15) is 20.7 Å². The maximum atomic E-state index is 12.6. The minimum Gasteiger partial charge on any atom is -0.333 e. The first-order valence-corrected chi connectivity index (χ1v) is 7.86. The highest BCUT2D eigenvalue weighted by Gasteiger charge is 2.19. The van der Waals surface area contributed by atoms with Crippen LogP contribution in [0.25, 0.3) is 11.1 Å². The molecule has 0 saturated carbocycles. The van der Waals surface area contributed by atoms with Crippen LogP contribution >= 0.6 is 0 Å². The Morgan fingerprint density at radius 2 is 1.32 bits per heavy atom. The molecule has 0 N–H and O–H groups in total. The van der Waals surface area contributed by atoms with E-state index < -0.39 is 5.97 Å². The SMILES string of the molecule is CN(OC(=O)c1ccccc1-c1ccccc1)C(=O)c1ccccc1. The summed E-state index contributed by atoms with van der Waals surface area (Å²) < 4.78 is 0. The van der Waals surface area contributed by atoms with Gasteiger partial charge in [-0.2, -0.15) is 5.06 Å². The van der Waals surface area contributed by atoms with Gasteiger partial charge < -0.3 is 4.84 Å². The summed E-state index contributed by atoms with van der Waals surface area (Å²) in [5.74, 6) is -0.961. The zero-order valence-electron chi connectivity index (χ0n) is 13.8. The summed E-state index contributed by atoms with van der Waals surface area (Å²) in [4.78, 5) is 30.1. The molecule has 0 saturated heterocycles. The Hall–Kier alpha value is -3.40. The van der Waals surface area contributed by atoms with E-state index in [1.54, 1.807) is 36.4 Å². The van der Waals surface area contributed by atoms with Crippen LogP contribution in [-0.2, 0) is 4.84 Å². The standard InChI is InChI=1S/C21H17NO3/c1-22(20(23)17-12-6-3-7-13-17)25-21(24)19-15-9-8-14-18(19)16-10-4-2-5-11-16/h2-15H,1H3. The molecule has 0 radical (unpaired) electrons. The van der Waals surface area contributed by atoms with Gasteiger partial charge in [0, 0.05) is 12.6 Å². The number of rotatable bonds is 3. The van der Waals surface area contributed by atoms with Gasteiger partial charge in [0.2, 0.25) is 0 Å². The van der Waals surface area contributed by atoms with Gasteiger partial charge in [0.15, 0.2) is 0 Å². The van der Waals surface area contributed by atoms with Crippen molar-refractivity contribution in [2.75, 3.05) is 7.05 Å². The second-order valence-electron chi connectivity index (χ2n) is 5.46. The molecule has 0 unspecified atom stereocenters. The van der Waals surface area contributed by atoms with Gasteiger partial charge in [-0.05, 0) is 29.3 Å². The molecular weight excluding hydrogens is 314 g/mol. The van der Waals surface area contributed by atoms with Crippen molar-refractivity contribution in [3.8, 4) is 11.1 Å². The van der Waals surface area contributed by atoms with Gasteiger partial charge in [-0.1, -0.05) is 66.7 Å². The highest BCUT2D eigenvalue weighted by Crippen LogP contribution is 2.24. The molecular formula is C21H17NO3. The van der Waals surface area contributed by atoms with Gasteiger partial charge in [0.25, 0.3) is 5.91 Å². The molecule has 0 aliphatic rings. The van der Waals surface area contributed by atoms with Gasteiger partial charge in [-0.25, -0.2) is 4.79 Å². The van der Waals surface area contributed by atoms with E-state index in [9.17, 15) is 9.59 Å². The lowest BCUT2D eigenvalue weighted by atomic mass is 10.00. The number of nitrogens with zero attached hydrogens (tertiary/aromatic N) is 1. The van der Waals surface area contributed by atoms with Crippen molar-refractivity contribution in [3.05, 3.63) is 96.1 Å². The Morgan fingerprint density at radius 1 is 0.760 bits per heavy atom. The average molecular weight is 331 g/mol. The predicted octanol–water partition coefficient (Wildman–Crippen LogP) is 4.20. The smallest absolute Gasteiger partial charge is 0.333 e. The van der Waals surface area contributed by atoms with Crippen LogP contribution in [-0.4, -0.2) is 24.0 Å². The number of amides is 1. The number of hydroxylamine groups is 2. The Morgan fingerprint density at radius 3 is 2.00 bits per heavy atom. The molecule has 0 aliphatic carbocycles. The largest absolute Gasteiger partial charge is 0.363 e. The Labute approximate surface area is 146 Å². The zero-order chi connectivity index (χ0) is 17.6. The molecule has 0 spiro atoms. The van der Waals surface area contributed by atoms with E-state index in [0.717, 1.165) is 16.2 Å². The van der Waals surface area contributed by atoms with Crippen molar-refractivity contribution in [1.82, 2.24) is 5.06 Å². The van der Waals surface area contributed by atoms with Crippen LogP contribution in [0.5, 0.6) is 0 Å². The lowest BCUT2D eigenvalue weighted by molar-refractivity contribution is -0.0657. The van der Waals surface area contributed by atoms with Crippen molar-refractivity contribution in [2.24, 2.45) is 0 Å². The molecule has 124 valence electrons. The van der Waals surface area contributed by atoms with Crippen molar-refractivity contribution in [1.29, 1.82) is 0 Å². The fraction of sp³-hybridized carbons (Fsp3) is 0.0476. The molecule has 3 aromatic carbocycles. The van der Waals surface area contributed by atoms with Crippen LogP contribution in [0.3, 0.4) is 0 Å². The second-order valence-corrected chi connectivity index (χ2v) is 5.46. The Balaban J connectivity index is 1.81. The third-order valence-corrected chi connectivity index (χ3v) is 3.76. The monoisotopic (exact) mass is 331 g/mol. The van der Waals surface area contributed by atoms with Crippen LogP contribution in [0.4, 0.5) is 0 Å². The number of hydrogen-bond donors (Lipinski definition) is 0. The number of hydrogen-bond acceptors (Lipinski definition) is 3. The fourth-order valence-electron chi connectivity index (χ4n) is 2.51. The van der Waals surface area contributed by atoms with Crippen molar-refractivity contribution < 1.29 is 14.4 Å². The summed E-state index contributed by atoms with van der Waals surface area (Å²) >= 11 is 0. The van der Waals surface area contributed by atoms with Crippen molar-refractivity contribution >= 4 is 11.9 Å². The molecule has 3 rings (SSSR count). The number of carbonyl (C=O) groups is 2. The van der Waals surface area contributed by atoms with Gasteiger partial charge in [0.1, 0.15) is 0 Å². The molecule has 1 amide bonds. The first-order valence-electron chi connectivity index (χ1n) is 7.86. The highest BCUT2D eigenvalue weighted by molar-refractivity contribution is 5.99. The summed E-state index contributed by atoms with van der Waals surface area (Å²) in [7, 11) is 1.43. The topological polar surface area (TPSA) is 46.6 Å². The molecule has 4 nitrogen and oxygen atoms in total. The van der Waals surface area contributed by atoms with Crippen molar-refractivity contribution in [2.45, 2.75) is 0 Å². The van der Waals surface area contributed by atoms with Gasteiger partial charge >= 0.3 is 5.97 Å². The van der Waals surface area contributed by atoms with Crippen molar-refractivity contribution in [3.63, 3.8) is 0 Å². The Kier molecular flexibility index (Phi) is 4.90. The molecule has 0 bridgehead atoms. The third-order valence-electron chi connectivity index (χ3n) is 3.76. The first-order chi connectivity index (χ1) is 12.2. The molecule has 3 aromatic rings. The molecule has 0 aliphatic heterocycles. The quantitative estimate of drug-likeness (QED) is 0.676.